The Hall–Kier alpha value is -1.63. The molecule has 0 aliphatic rings. The summed E-state index contributed by atoms with van der Waals surface area (Å²) >= 11 is 5.96. The van der Waals surface area contributed by atoms with Crippen molar-refractivity contribution in [1.29, 1.82) is 0 Å². The zero-order valence-electron chi connectivity index (χ0n) is 12.2. The number of hydrogen-bond donors (Lipinski definition) is 2. The fourth-order valence-corrected chi connectivity index (χ4v) is 1.89. The van der Waals surface area contributed by atoms with Gasteiger partial charge in [-0.1, -0.05) is 23.7 Å². The van der Waals surface area contributed by atoms with Crippen LogP contribution in [-0.2, 0) is 9.59 Å². The van der Waals surface area contributed by atoms with E-state index in [9.17, 15) is 9.59 Å². The molecule has 0 aliphatic heterocycles. The van der Waals surface area contributed by atoms with Gasteiger partial charge in [-0.3, -0.25) is 14.5 Å². The lowest BCUT2D eigenvalue weighted by atomic mass is 10.3. The van der Waals surface area contributed by atoms with Gasteiger partial charge in [-0.25, -0.2) is 0 Å². The van der Waals surface area contributed by atoms with E-state index < -0.39 is 5.97 Å². The predicted octanol–water partition coefficient (Wildman–Crippen LogP) is 1.23. The maximum Gasteiger partial charge on any atom is 0.317 e. The molecule has 1 rings (SSSR count). The van der Waals surface area contributed by atoms with Crippen LogP contribution in [0.2, 0.25) is 5.02 Å². The first-order valence-corrected chi connectivity index (χ1v) is 6.89. The number of carbonyl (C=O) groups is 2. The number of carbonyl (C=O) groups excluding carboxylic acids is 1. The summed E-state index contributed by atoms with van der Waals surface area (Å²) in [4.78, 5) is 26.3. The molecule has 1 aromatic carbocycles. The monoisotopic (exact) mass is 313 g/mol. The van der Waals surface area contributed by atoms with Gasteiger partial charge in [0.2, 0.25) is 5.91 Å². The van der Waals surface area contributed by atoms with E-state index in [-0.39, 0.29) is 19.0 Å². The molecule has 0 heterocycles. The van der Waals surface area contributed by atoms with Gasteiger partial charge in [-0.05, 0) is 26.2 Å². The predicted molar refractivity (Wildman–Crippen MR) is 82.7 cm³/mol. The molecule has 21 heavy (non-hydrogen) atoms. The first-order valence-electron chi connectivity index (χ1n) is 6.51. The van der Waals surface area contributed by atoms with E-state index in [0.717, 1.165) is 0 Å². The van der Waals surface area contributed by atoms with Crippen molar-refractivity contribution < 1.29 is 14.7 Å². The third kappa shape index (κ3) is 7.08. The number of benzene rings is 1. The Morgan fingerprint density at radius 3 is 2.43 bits per heavy atom. The van der Waals surface area contributed by atoms with Gasteiger partial charge in [0.25, 0.3) is 0 Å². The summed E-state index contributed by atoms with van der Waals surface area (Å²) in [7, 11) is 3.78. The highest BCUT2D eigenvalue weighted by atomic mass is 35.5. The van der Waals surface area contributed by atoms with Crippen LogP contribution in [0.25, 0.3) is 0 Å². The maximum atomic E-state index is 12.0. The second kappa shape index (κ2) is 8.61. The van der Waals surface area contributed by atoms with E-state index in [1.165, 1.54) is 0 Å². The lowest BCUT2D eigenvalue weighted by Gasteiger charge is -2.21. The van der Waals surface area contributed by atoms with Crippen LogP contribution in [0.15, 0.2) is 24.3 Å². The molecule has 116 valence electrons. The first kappa shape index (κ1) is 17.4. The minimum absolute atomic E-state index is 0.00532. The molecule has 0 aromatic heterocycles. The molecule has 6 nitrogen and oxygen atoms in total. The number of para-hydroxylation sites is 1. The van der Waals surface area contributed by atoms with E-state index >= 15 is 0 Å². The van der Waals surface area contributed by atoms with Crippen molar-refractivity contribution in [1.82, 2.24) is 9.80 Å². The van der Waals surface area contributed by atoms with Gasteiger partial charge < -0.3 is 15.3 Å². The minimum atomic E-state index is -0.959. The molecular weight excluding hydrogens is 294 g/mol. The van der Waals surface area contributed by atoms with Crippen LogP contribution in [0.4, 0.5) is 5.69 Å². The fourth-order valence-electron chi connectivity index (χ4n) is 1.70. The lowest BCUT2D eigenvalue weighted by Crippen LogP contribution is -2.40. The summed E-state index contributed by atoms with van der Waals surface area (Å²) in [5.41, 5.74) is 0.520. The van der Waals surface area contributed by atoms with Crippen molar-refractivity contribution in [2.75, 3.05) is 45.6 Å². The average molecular weight is 314 g/mol. The minimum Gasteiger partial charge on any atom is -0.480 e. The normalized spacial score (nSPS) is 10.9. The van der Waals surface area contributed by atoms with Crippen molar-refractivity contribution in [3.05, 3.63) is 29.3 Å². The molecule has 0 saturated heterocycles. The Bertz CT molecular complexity index is 494. The molecule has 1 amide bonds. The quantitative estimate of drug-likeness (QED) is 0.755. The number of likely N-dealkylation sites (N-methyl/N-ethyl adjacent to an activating group) is 1. The summed E-state index contributed by atoms with van der Waals surface area (Å²) in [6.45, 7) is 0.997. The fraction of sp³-hybridized carbons (Fsp3) is 0.429. The standard InChI is InChI=1S/C14H20ClN3O3/c1-17(2)7-8-18(10-14(20)21)9-13(19)16-12-6-4-3-5-11(12)15/h3-6H,7-10H2,1-2H3,(H,16,19)(H,20,21). The number of nitrogens with zero attached hydrogens (tertiary/aromatic N) is 2. The van der Waals surface area contributed by atoms with Crippen LogP contribution in [0, 0.1) is 0 Å². The Morgan fingerprint density at radius 2 is 1.86 bits per heavy atom. The van der Waals surface area contributed by atoms with Crippen LogP contribution >= 0.6 is 11.6 Å². The Morgan fingerprint density at radius 1 is 1.19 bits per heavy atom. The number of anilines is 1. The Kier molecular flexibility index (Phi) is 7.14. The highest BCUT2D eigenvalue weighted by Crippen LogP contribution is 2.20. The summed E-state index contributed by atoms with van der Waals surface area (Å²) in [5, 5.41) is 12.0. The number of rotatable bonds is 8. The highest BCUT2D eigenvalue weighted by Gasteiger charge is 2.15. The molecule has 1 aromatic rings. The average Bonchev–Trinajstić information content (AvgIpc) is 2.38. The SMILES string of the molecule is CN(C)CCN(CC(=O)O)CC(=O)Nc1ccccc1Cl. The third-order valence-electron chi connectivity index (χ3n) is 2.74. The van der Waals surface area contributed by atoms with Crippen molar-refractivity contribution in [2.24, 2.45) is 0 Å². The molecule has 2 N–H and O–H groups in total. The van der Waals surface area contributed by atoms with Crippen molar-refractivity contribution in [3.8, 4) is 0 Å². The maximum absolute atomic E-state index is 12.0. The number of carboxylic acids is 1. The summed E-state index contributed by atoms with van der Waals surface area (Å²) in [6.07, 6.45) is 0. The van der Waals surface area contributed by atoms with Gasteiger partial charge >= 0.3 is 5.97 Å². The Labute approximate surface area is 129 Å². The molecule has 0 bridgehead atoms. The van der Waals surface area contributed by atoms with Gasteiger partial charge in [0, 0.05) is 13.1 Å². The van der Waals surface area contributed by atoms with Crippen molar-refractivity contribution >= 4 is 29.2 Å². The van der Waals surface area contributed by atoms with Crippen molar-refractivity contribution in [3.63, 3.8) is 0 Å². The number of hydrogen-bond acceptors (Lipinski definition) is 4. The lowest BCUT2D eigenvalue weighted by molar-refractivity contribution is -0.138. The molecular formula is C14H20ClN3O3. The van der Waals surface area contributed by atoms with Gasteiger partial charge in [-0.2, -0.15) is 0 Å². The molecule has 0 aliphatic carbocycles. The second-order valence-electron chi connectivity index (χ2n) is 4.94. The van der Waals surface area contributed by atoms with E-state index in [1.54, 1.807) is 29.2 Å². The molecule has 0 saturated carbocycles. The number of carboxylic acid groups (broad SMARTS) is 1. The number of halogens is 1. The van der Waals surface area contributed by atoms with E-state index in [1.807, 2.05) is 19.0 Å². The topological polar surface area (TPSA) is 72.9 Å². The van der Waals surface area contributed by atoms with Gasteiger partial charge in [0.05, 0.1) is 23.8 Å². The second-order valence-corrected chi connectivity index (χ2v) is 5.34. The van der Waals surface area contributed by atoms with Crippen molar-refractivity contribution in [2.45, 2.75) is 0 Å². The number of nitrogens with one attached hydrogen (secondary N) is 1. The van der Waals surface area contributed by atoms with E-state index in [4.69, 9.17) is 16.7 Å². The summed E-state index contributed by atoms with van der Waals surface area (Å²) in [5.74, 6) is -1.25. The molecule has 0 spiro atoms. The highest BCUT2D eigenvalue weighted by molar-refractivity contribution is 6.33. The Balaban J connectivity index is 2.58. The van der Waals surface area contributed by atoms with Crippen LogP contribution in [0.5, 0.6) is 0 Å². The van der Waals surface area contributed by atoms with E-state index in [2.05, 4.69) is 5.32 Å². The summed E-state index contributed by atoms with van der Waals surface area (Å²) < 4.78 is 0. The molecule has 0 radical (unpaired) electrons. The van der Waals surface area contributed by atoms with Crippen LogP contribution in [0.1, 0.15) is 0 Å². The molecule has 0 unspecified atom stereocenters. The zero-order valence-corrected chi connectivity index (χ0v) is 12.9. The van der Waals surface area contributed by atoms with Gasteiger partial charge in [0.15, 0.2) is 0 Å². The van der Waals surface area contributed by atoms with Crippen LogP contribution in [0.3, 0.4) is 0 Å². The zero-order chi connectivity index (χ0) is 15.8. The van der Waals surface area contributed by atoms with Crippen LogP contribution < -0.4 is 5.32 Å². The first-order chi connectivity index (χ1) is 9.88. The molecule has 0 fully saturated rings. The van der Waals surface area contributed by atoms with Gasteiger partial charge in [0.1, 0.15) is 0 Å². The molecule has 0 atom stereocenters. The summed E-state index contributed by atoms with van der Waals surface area (Å²) in [6, 6.07) is 6.91. The number of amides is 1. The largest absolute Gasteiger partial charge is 0.480 e. The third-order valence-corrected chi connectivity index (χ3v) is 3.07. The number of aliphatic carboxylic acids is 1. The van der Waals surface area contributed by atoms with Gasteiger partial charge in [-0.15, -0.1) is 0 Å². The van der Waals surface area contributed by atoms with E-state index in [0.29, 0.717) is 23.8 Å². The smallest absolute Gasteiger partial charge is 0.317 e. The van der Waals surface area contributed by atoms with Crippen LogP contribution in [-0.4, -0.2) is 67.1 Å². The molecule has 7 heteroatoms.